The van der Waals surface area contributed by atoms with Crippen molar-refractivity contribution in [1.82, 2.24) is 9.78 Å². The molecule has 0 radical (unpaired) electrons. The Bertz CT molecular complexity index is 748. The van der Waals surface area contributed by atoms with Crippen molar-refractivity contribution in [3.63, 3.8) is 0 Å². The van der Waals surface area contributed by atoms with Gasteiger partial charge in [-0.25, -0.2) is 0 Å². The molecule has 0 spiro atoms. The number of fused-ring (bicyclic) bond motifs is 1. The average molecular weight is 377 g/mol. The minimum Gasteiger partial charge on any atom is -0.324 e. The van der Waals surface area contributed by atoms with Gasteiger partial charge in [-0.05, 0) is 40.3 Å². The van der Waals surface area contributed by atoms with Crippen LogP contribution in [0.3, 0.4) is 0 Å². The second-order valence-corrected chi connectivity index (χ2v) is 6.08. The Morgan fingerprint density at radius 1 is 1.15 bits per heavy atom. The minimum atomic E-state index is -0.0265. The molecule has 3 aromatic rings. The predicted molar refractivity (Wildman–Crippen MR) is 90.5 cm³/mol. The molecule has 1 aromatic heterocycles. The summed E-state index contributed by atoms with van der Waals surface area (Å²) in [6.07, 6.45) is 0.751. The van der Waals surface area contributed by atoms with Crippen molar-refractivity contribution in [3.8, 4) is 0 Å². The number of benzene rings is 2. The van der Waals surface area contributed by atoms with E-state index in [0.29, 0.717) is 0 Å². The van der Waals surface area contributed by atoms with Crippen LogP contribution >= 0.6 is 22.6 Å². The molecular weight excluding hydrogens is 361 g/mol. The van der Waals surface area contributed by atoms with Gasteiger partial charge < -0.3 is 5.73 Å². The van der Waals surface area contributed by atoms with Gasteiger partial charge in [0.2, 0.25) is 0 Å². The quantitative estimate of drug-likeness (QED) is 0.711. The van der Waals surface area contributed by atoms with E-state index in [9.17, 15) is 0 Å². The van der Waals surface area contributed by atoms with Crippen LogP contribution in [-0.4, -0.2) is 9.78 Å². The molecule has 0 bridgehead atoms. The van der Waals surface area contributed by atoms with Crippen LogP contribution in [0.2, 0.25) is 0 Å². The first kappa shape index (κ1) is 13.6. The lowest BCUT2D eigenvalue weighted by Crippen LogP contribution is -2.15. The van der Waals surface area contributed by atoms with E-state index in [1.54, 1.807) is 0 Å². The van der Waals surface area contributed by atoms with Crippen molar-refractivity contribution in [2.24, 2.45) is 12.8 Å². The molecule has 102 valence electrons. The van der Waals surface area contributed by atoms with Crippen LogP contribution in [0.5, 0.6) is 0 Å². The number of halogens is 1. The van der Waals surface area contributed by atoms with Crippen molar-refractivity contribution in [2.75, 3.05) is 0 Å². The number of nitrogens with two attached hydrogens (primary N) is 1. The fraction of sp³-hybridized carbons (Fsp3) is 0.188. The summed E-state index contributed by atoms with van der Waals surface area (Å²) in [7, 11) is 1.98. The summed E-state index contributed by atoms with van der Waals surface area (Å²) in [5.74, 6) is 0. The van der Waals surface area contributed by atoms with E-state index in [-0.39, 0.29) is 6.04 Å². The van der Waals surface area contributed by atoms with Gasteiger partial charge in [0.15, 0.2) is 0 Å². The maximum atomic E-state index is 6.37. The van der Waals surface area contributed by atoms with Crippen LogP contribution in [0.1, 0.15) is 17.3 Å². The average Bonchev–Trinajstić information content (AvgIpc) is 2.76. The van der Waals surface area contributed by atoms with Gasteiger partial charge >= 0.3 is 0 Å². The molecule has 3 nitrogen and oxygen atoms in total. The molecule has 0 aliphatic rings. The van der Waals surface area contributed by atoms with E-state index < -0.39 is 0 Å². The lowest BCUT2D eigenvalue weighted by molar-refractivity contribution is 0.680. The molecule has 2 aromatic carbocycles. The maximum Gasteiger partial charge on any atom is 0.0722 e. The summed E-state index contributed by atoms with van der Waals surface area (Å²) < 4.78 is 3.13. The van der Waals surface area contributed by atoms with Gasteiger partial charge in [-0.1, -0.05) is 36.4 Å². The minimum absolute atomic E-state index is 0.0265. The van der Waals surface area contributed by atoms with Gasteiger partial charge in [0.25, 0.3) is 0 Å². The lowest BCUT2D eigenvalue weighted by atomic mass is 10.0. The SMILES string of the molecule is Cn1nc(CC(N)c2ccccc2I)c2ccccc21. The molecule has 2 N–H and O–H groups in total. The first-order chi connectivity index (χ1) is 9.66. The van der Waals surface area contributed by atoms with Crippen molar-refractivity contribution >= 4 is 33.5 Å². The van der Waals surface area contributed by atoms with Gasteiger partial charge in [0.05, 0.1) is 11.2 Å². The summed E-state index contributed by atoms with van der Waals surface area (Å²) in [4.78, 5) is 0. The van der Waals surface area contributed by atoms with Gasteiger partial charge in [-0.3, -0.25) is 4.68 Å². The molecule has 20 heavy (non-hydrogen) atoms. The molecular formula is C16H16IN3. The van der Waals surface area contributed by atoms with Crippen LogP contribution in [0.15, 0.2) is 48.5 Å². The Balaban J connectivity index is 1.96. The molecule has 1 heterocycles. The molecule has 3 rings (SSSR count). The van der Waals surface area contributed by atoms with Gasteiger partial charge in [0.1, 0.15) is 0 Å². The second kappa shape index (κ2) is 5.54. The number of aromatic nitrogens is 2. The molecule has 0 saturated carbocycles. The zero-order valence-corrected chi connectivity index (χ0v) is 13.4. The van der Waals surface area contributed by atoms with Crippen LogP contribution < -0.4 is 5.73 Å². The fourth-order valence-corrected chi connectivity index (χ4v) is 3.32. The molecule has 4 heteroatoms. The lowest BCUT2D eigenvalue weighted by Gasteiger charge is -2.12. The number of hydrogen-bond acceptors (Lipinski definition) is 2. The molecule has 1 unspecified atom stereocenters. The summed E-state index contributed by atoms with van der Waals surface area (Å²) in [6.45, 7) is 0. The Kier molecular flexibility index (Phi) is 3.76. The summed E-state index contributed by atoms with van der Waals surface area (Å²) in [5, 5.41) is 5.81. The first-order valence-corrected chi connectivity index (χ1v) is 7.65. The number of aryl methyl sites for hydroxylation is 1. The summed E-state index contributed by atoms with van der Waals surface area (Å²) >= 11 is 2.34. The number of para-hydroxylation sites is 1. The molecule has 0 saturated heterocycles. The highest BCUT2D eigenvalue weighted by atomic mass is 127. The van der Waals surface area contributed by atoms with E-state index in [1.165, 1.54) is 14.5 Å². The Hall–Kier alpha value is -1.40. The van der Waals surface area contributed by atoms with Crippen molar-refractivity contribution in [2.45, 2.75) is 12.5 Å². The third-order valence-electron chi connectivity index (χ3n) is 3.55. The topological polar surface area (TPSA) is 43.8 Å². The third kappa shape index (κ3) is 2.45. The number of nitrogens with zero attached hydrogens (tertiary/aromatic N) is 2. The van der Waals surface area contributed by atoms with Gasteiger partial charge in [0, 0.05) is 28.5 Å². The molecule has 0 fully saturated rings. The molecule has 0 aliphatic carbocycles. The van der Waals surface area contributed by atoms with Crippen LogP contribution in [-0.2, 0) is 13.5 Å². The third-order valence-corrected chi connectivity index (χ3v) is 4.53. The fourth-order valence-electron chi connectivity index (χ4n) is 2.53. The van der Waals surface area contributed by atoms with E-state index >= 15 is 0 Å². The Labute approximate surface area is 131 Å². The van der Waals surface area contributed by atoms with E-state index in [4.69, 9.17) is 5.73 Å². The number of hydrogen-bond donors (Lipinski definition) is 1. The van der Waals surface area contributed by atoms with E-state index in [1.807, 2.05) is 36.0 Å². The van der Waals surface area contributed by atoms with Crippen molar-refractivity contribution < 1.29 is 0 Å². The normalized spacial score (nSPS) is 12.8. The summed E-state index contributed by atoms with van der Waals surface area (Å²) in [6, 6.07) is 16.5. The highest BCUT2D eigenvalue weighted by Crippen LogP contribution is 2.24. The van der Waals surface area contributed by atoms with Crippen LogP contribution in [0, 0.1) is 3.57 Å². The highest BCUT2D eigenvalue weighted by Gasteiger charge is 2.15. The zero-order valence-electron chi connectivity index (χ0n) is 11.3. The Morgan fingerprint density at radius 2 is 1.85 bits per heavy atom. The van der Waals surface area contributed by atoms with Gasteiger partial charge in [-0.15, -0.1) is 0 Å². The highest BCUT2D eigenvalue weighted by molar-refractivity contribution is 14.1. The van der Waals surface area contributed by atoms with E-state index in [0.717, 1.165) is 17.6 Å². The van der Waals surface area contributed by atoms with Gasteiger partial charge in [-0.2, -0.15) is 5.10 Å². The molecule has 1 atom stereocenters. The zero-order chi connectivity index (χ0) is 14.1. The van der Waals surface area contributed by atoms with E-state index in [2.05, 4.69) is 52.0 Å². The predicted octanol–water partition coefficient (Wildman–Crippen LogP) is 3.42. The van der Waals surface area contributed by atoms with Crippen molar-refractivity contribution in [1.29, 1.82) is 0 Å². The van der Waals surface area contributed by atoms with Crippen LogP contribution in [0.25, 0.3) is 10.9 Å². The molecule has 0 aliphatic heterocycles. The Morgan fingerprint density at radius 3 is 2.65 bits per heavy atom. The maximum absolute atomic E-state index is 6.37. The smallest absolute Gasteiger partial charge is 0.0722 e. The first-order valence-electron chi connectivity index (χ1n) is 6.57. The monoisotopic (exact) mass is 377 g/mol. The number of rotatable bonds is 3. The standard InChI is InChI=1S/C16H16IN3/c1-20-16-9-5-3-7-12(16)15(19-20)10-14(18)11-6-2-4-8-13(11)17/h2-9,14H,10,18H2,1H3. The van der Waals surface area contributed by atoms with Crippen molar-refractivity contribution in [3.05, 3.63) is 63.4 Å². The largest absolute Gasteiger partial charge is 0.324 e. The van der Waals surface area contributed by atoms with Crippen LogP contribution in [0.4, 0.5) is 0 Å². The second-order valence-electron chi connectivity index (χ2n) is 4.92. The summed E-state index contributed by atoms with van der Waals surface area (Å²) in [5.41, 5.74) is 9.77. The molecule has 0 amide bonds.